The van der Waals surface area contributed by atoms with E-state index in [9.17, 15) is 4.79 Å². The van der Waals surface area contributed by atoms with E-state index in [1.54, 1.807) is 57.5 Å². The third kappa shape index (κ3) is 5.85. The highest BCUT2D eigenvalue weighted by atomic mass is 79.9. The van der Waals surface area contributed by atoms with Crippen LogP contribution in [0, 0.1) is 0 Å². The highest BCUT2D eigenvalue weighted by molar-refractivity contribution is 9.15. The molecule has 0 bridgehead atoms. The molecule has 1 aromatic carbocycles. The van der Waals surface area contributed by atoms with Gasteiger partial charge in [0.1, 0.15) is 0 Å². The molecule has 0 atom stereocenters. The SMILES string of the molecule is COC(=O)c1ccc(/C(=C2/N=c3cc(-c4sc(Br)c(Br)c4Br)sc3=C2Br)c2[nH]c3cc(-c4sc(Br)c(Br)c4Br)sc3c2Br)cc1. The number of nitrogens with zero attached hydrogens (tertiary/aromatic N) is 1. The number of nitrogens with one attached hydrogen (secondary N) is 1. The largest absolute Gasteiger partial charge is 0.465 e. The first kappa shape index (κ1) is 33.8. The molecule has 0 radical (unpaired) electrons. The van der Waals surface area contributed by atoms with Crippen molar-refractivity contribution in [2.75, 3.05) is 7.11 Å². The summed E-state index contributed by atoms with van der Waals surface area (Å²) in [6, 6.07) is 11.7. The summed E-state index contributed by atoms with van der Waals surface area (Å²) in [7, 11) is 1.38. The summed E-state index contributed by atoms with van der Waals surface area (Å²) in [5.74, 6) is -0.381. The van der Waals surface area contributed by atoms with E-state index in [-0.39, 0.29) is 5.97 Å². The van der Waals surface area contributed by atoms with Gasteiger partial charge in [-0.3, -0.25) is 0 Å². The minimum Gasteiger partial charge on any atom is -0.465 e. The van der Waals surface area contributed by atoms with E-state index < -0.39 is 0 Å². The highest BCUT2D eigenvalue weighted by Gasteiger charge is 2.27. The van der Waals surface area contributed by atoms with Crippen LogP contribution in [0.4, 0.5) is 0 Å². The van der Waals surface area contributed by atoms with Crippen molar-refractivity contribution in [3.63, 3.8) is 0 Å². The van der Waals surface area contributed by atoms with Crippen LogP contribution in [0.2, 0.25) is 0 Å². The molecule has 1 aliphatic heterocycles. The summed E-state index contributed by atoms with van der Waals surface area (Å²) >= 11 is 36.6. The fourth-order valence-electron chi connectivity index (χ4n) is 4.75. The van der Waals surface area contributed by atoms with E-state index in [0.717, 1.165) is 96.6 Å². The lowest BCUT2D eigenvalue weighted by molar-refractivity contribution is 0.0600. The Labute approximate surface area is 339 Å². The van der Waals surface area contributed by atoms with Gasteiger partial charge in [-0.2, -0.15) is 0 Å². The molecule has 0 spiro atoms. The number of aromatic nitrogens is 1. The molecule has 0 saturated heterocycles. The van der Waals surface area contributed by atoms with E-state index in [1.807, 2.05) is 12.1 Å². The van der Waals surface area contributed by atoms with Crippen LogP contribution in [-0.2, 0) is 4.74 Å². The van der Waals surface area contributed by atoms with Crippen molar-refractivity contribution in [1.29, 1.82) is 0 Å². The van der Waals surface area contributed by atoms with E-state index >= 15 is 0 Å². The standard InChI is InChI=1S/C29H10Br8N2O2S4/c1-41-29(40)9-4-2-8(3-5-9)14(21-19(34)23-10(38-21)6-12(42-23)25-15(30)17(32)27(36)44-25)22-20(35)24-11(39-22)7-13(43-24)26-16(31)18(33)28(37)45-26/h2-7,38H,1H3/b22-14-. The Morgan fingerprint density at radius 2 is 1.31 bits per heavy atom. The van der Waals surface area contributed by atoms with Gasteiger partial charge in [0.15, 0.2) is 0 Å². The smallest absolute Gasteiger partial charge is 0.337 e. The van der Waals surface area contributed by atoms with Crippen LogP contribution in [0.5, 0.6) is 0 Å². The number of aromatic amines is 1. The minimum absolute atomic E-state index is 0.381. The van der Waals surface area contributed by atoms with Gasteiger partial charge in [0, 0.05) is 15.3 Å². The van der Waals surface area contributed by atoms with Crippen molar-refractivity contribution >= 4 is 199 Å². The average Bonchev–Trinajstić information content (AvgIpc) is 3.86. The molecule has 228 valence electrons. The fraction of sp³-hybridized carbons (Fsp3) is 0.0345. The molecular weight excluding hydrogens is 1180 g/mol. The van der Waals surface area contributed by atoms with Crippen molar-refractivity contribution in [1.82, 2.24) is 4.98 Å². The van der Waals surface area contributed by atoms with E-state index in [1.165, 1.54) is 7.11 Å². The molecule has 1 aliphatic rings. The molecular formula is C29H10Br8N2O2S4. The lowest BCUT2D eigenvalue weighted by Gasteiger charge is -2.12. The quantitative estimate of drug-likeness (QED) is 0.175. The van der Waals surface area contributed by atoms with Gasteiger partial charge in [-0.1, -0.05) is 12.1 Å². The van der Waals surface area contributed by atoms with Crippen molar-refractivity contribution in [3.8, 4) is 19.5 Å². The Morgan fingerprint density at radius 1 is 0.733 bits per heavy atom. The first-order valence-corrected chi connectivity index (χ1v) is 22.0. The molecule has 5 aromatic heterocycles. The zero-order chi connectivity index (χ0) is 31.9. The van der Waals surface area contributed by atoms with E-state index in [0.29, 0.717) is 5.56 Å². The molecule has 0 saturated carbocycles. The van der Waals surface area contributed by atoms with Crippen LogP contribution in [0.25, 0.3) is 39.8 Å². The first-order chi connectivity index (χ1) is 21.5. The molecule has 6 heterocycles. The Morgan fingerprint density at radius 3 is 1.82 bits per heavy atom. The number of benzene rings is 1. The first-order valence-electron chi connectivity index (χ1n) is 12.4. The van der Waals surface area contributed by atoms with Crippen LogP contribution in [0.15, 0.2) is 77.0 Å². The predicted molar refractivity (Wildman–Crippen MR) is 218 cm³/mol. The summed E-state index contributed by atoms with van der Waals surface area (Å²) in [5, 5.41) is 0.901. The van der Waals surface area contributed by atoms with Gasteiger partial charge >= 0.3 is 5.97 Å². The number of fused-ring (bicyclic) bond motifs is 2. The number of hydrogen-bond acceptors (Lipinski definition) is 7. The van der Waals surface area contributed by atoms with Gasteiger partial charge in [0.05, 0.1) is 88.3 Å². The number of carbonyl (C=O) groups is 1. The molecule has 4 nitrogen and oxygen atoms in total. The number of hydrogen-bond donors (Lipinski definition) is 1. The molecule has 16 heteroatoms. The van der Waals surface area contributed by atoms with Crippen LogP contribution in [0.3, 0.4) is 0 Å². The van der Waals surface area contributed by atoms with Gasteiger partial charge in [0.25, 0.3) is 0 Å². The predicted octanol–water partition coefficient (Wildman–Crippen LogP) is 13.5. The van der Waals surface area contributed by atoms with Crippen LogP contribution in [0.1, 0.15) is 21.6 Å². The summed E-state index contributed by atoms with van der Waals surface area (Å²) in [4.78, 5) is 25.6. The normalized spacial score (nSPS) is 13.9. The van der Waals surface area contributed by atoms with Gasteiger partial charge in [-0.05, 0) is 157 Å². The molecule has 6 aromatic rings. The van der Waals surface area contributed by atoms with Gasteiger partial charge in [0.2, 0.25) is 0 Å². The maximum absolute atomic E-state index is 12.2. The maximum atomic E-state index is 12.2. The number of rotatable bonds is 5. The van der Waals surface area contributed by atoms with Crippen molar-refractivity contribution in [2.24, 2.45) is 4.99 Å². The lowest BCUT2D eigenvalue weighted by Crippen LogP contribution is -2.13. The fourth-order valence-corrected chi connectivity index (χ4v) is 15.0. The van der Waals surface area contributed by atoms with Crippen molar-refractivity contribution in [3.05, 3.63) is 98.7 Å². The average molecular weight is 1190 g/mol. The van der Waals surface area contributed by atoms with E-state index in [4.69, 9.17) is 9.73 Å². The second kappa shape index (κ2) is 13.2. The summed E-state index contributed by atoms with van der Waals surface area (Å²) in [6.07, 6.45) is 0. The summed E-state index contributed by atoms with van der Waals surface area (Å²) < 4.78 is 15.1. The molecule has 1 N–H and O–H groups in total. The Kier molecular flexibility index (Phi) is 9.90. The molecule has 0 fully saturated rings. The van der Waals surface area contributed by atoms with Crippen LogP contribution in [-0.4, -0.2) is 18.1 Å². The van der Waals surface area contributed by atoms with E-state index in [2.05, 4.69) is 145 Å². The number of H-pyrrole nitrogens is 1. The molecule has 45 heavy (non-hydrogen) atoms. The third-order valence-electron chi connectivity index (χ3n) is 6.80. The van der Waals surface area contributed by atoms with Gasteiger partial charge in [-0.25, -0.2) is 9.79 Å². The molecule has 0 amide bonds. The number of ether oxygens (including phenoxy) is 1. The number of allylic oxidation sites excluding steroid dienone is 1. The second-order valence-electron chi connectivity index (χ2n) is 9.38. The monoisotopic (exact) mass is 1180 g/mol. The van der Waals surface area contributed by atoms with Gasteiger partial charge < -0.3 is 9.72 Å². The Hall–Kier alpha value is 0.280. The molecule has 0 aliphatic carbocycles. The topological polar surface area (TPSA) is 54.4 Å². The third-order valence-corrected chi connectivity index (χ3v) is 21.6. The van der Waals surface area contributed by atoms with Crippen LogP contribution < -0.4 is 9.89 Å². The summed E-state index contributed by atoms with van der Waals surface area (Å²) in [5.41, 5.74) is 5.02. The van der Waals surface area contributed by atoms with Crippen molar-refractivity contribution < 1.29 is 9.53 Å². The highest BCUT2D eigenvalue weighted by Crippen LogP contribution is 2.51. The maximum Gasteiger partial charge on any atom is 0.337 e. The number of esters is 1. The molecule has 0 unspecified atom stereocenters. The zero-order valence-electron chi connectivity index (χ0n) is 21.9. The van der Waals surface area contributed by atoms with Gasteiger partial charge in [-0.15, -0.1) is 45.3 Å². The Balaban J connectivity index is 1.41. The number of methoxy groups -OCH3 is 1. The second-order valence-corrected chi connectivity index (χ2v) is 20.9. The number of halogens is 8. The van der Waals surface area contributed by atoms with Crippen molar-refractivity contribution in [2.45, 2.75) is 0 Å². The zero-order valence-corrected chi connectivity index (χ0v) is 37.8. The number of carbonyl (C=O) groups excluding carboxylic acids is 1. The number of thiophene rings is 4. The summed E-state index contributed by atoms with van der Waals surface area (Å²) in [6.45, 7) is 0. The van der Waals surface area contributed by atoms with Crippen LogP contribution >= 0.6 is 173 Å². The minimum atomic E-state index is -0.381. The lowest BCUT2D eigenvalue weighted by atomic mass is 9.99. The Bertz CT molecular complexity index is 2380. The molecule has 7 rings (SSSR count).